The number of hydrogen-bond donors (Lipinski definition) is 1. The maximum atomic E-state index is 12.0. The topological polar surface area (TPSA) is 46.3 Å². The number of rotatable bonds is 3. The van der Waals surface area contributed by atoms with Gasteiger partial charge in [0.1, 0.15) is 0 Å². The molecule has 0 aromatic heterocycles. The van der Waals surface area contributed by atoms with E-state index in [0.29, 0.717) is 13.6 Å². The van der Waals surface area contributed by atoms with Gasteiger partial charge in [0, 0.05) is 17.6 Å². The number of carbonyl (C=O) groups excluding carboxylic acids is 1. The highest BCUT2D eigenvalue weighted by Crippen LogP contribution is 2.13. The Hall–Kier alpha value is -0.940. The fraction of sp³-hybridized carbons (Fsp3) is 0.500. The third-order valence-corrected chi connectivity index (χ3v) is 3.63. The van der Waals surface area contributed by atoms with Gasteiger partial charge in [0.2, 0.25) is 5.91 Å². The Labute approximate surface area is 122 Å². The highest BCUT2D eigenvalue weighted by Gasteiger charge is 2.23. The van der Waals surface area contributed by atoms with Crippen molar-refractivity contribution in [1.82, 2.24) is 4.90 Å². The number of carbonyl (C=O) groups is 1. The molecule has 1 aliphatic heterocycles. The first-order valence-corrected chi connectivity index (χ1v) is 7.13. The second-order valence-corrected chi connectivity index (χ2v) is 5.39. The van der Waals surface area contributed by atoms with Gasteiger partial charge in [-0.1, -0.05) is 28.1 Å². The molecule has 0 unspecified atom stereocenters. The molecule has 0 saturated carbocycles. The van der Waals surface area contributed by atoms with Gasteiger partial charge in [0.25, 0.3) is 0 Å². The molecule has 0 spiro atoms. The van der Waals surface area contributed by atoms with Crippen LogP contribution in [-0.2, 0) is 11.2 Å². The quantitative estimate of drug-likeness (QED) is 0.925. The van der Waals surface area contributed by atoms with Gasteiger partial charge in [0.05, 0.1) is 13.2 Å². The summed E-state index contributed by atoms with van der Waals surface area (Å²) in [7, 11) is 0.500. The number of benzene rings is 1. The van der Waals surface area contributed by atoms with Crippen molar-refractivity contribution >= 4 is 21.8 Å². The predicted octanol–water partition coefficient (Wildman–Crippen LogP) is 2.53. The molecule has 1 atom stereocenters. The zero-order valence-electron chi connectivity index (χ0n) is 11.1. The van der Waals surface area contributed by atoms with E-state index in [2.05, 4.69) is 15.9 Å². The van der Waals surface area contributed by atoms with Crippen LogP contribution in [0.5, 0.6) is 0 Å². The Morgan fingerprint density at radius 3 is 2.37 bits per heavy atom. The Kier molecular flexibility index (Phi) is 7.02. The SMILES string of the molecule is CF.N[C@@H](Cc1ccc(Br)cc1)C(=O)N1CCCC1. The number of amides is 1. The van der Waals surface area contributed by atoms with E-state index < -0.39 is 6.04 Å². The lowest BCUT2D eigenvalue weighted by molar-refractivity contribution is -0.131. The van der Waals surface area contributed by atoms with Crippen molar-refractivity contribution in [3.8, 4) is 0 Å². The van der Waals surface area contributed by atoms with Gasteiger partial charge in [-0.25, -0.2) is 0 Å². The summed E-state index contributed by atoms with van der Waals surface area (Å²) in [5, 5.41) is 0. The summed E-state index contributed by atoms with van der Waals surface area (Å²) in [6.45, 7) is 1.74. The van der Waals surface area contributed by atoms with Crippen molar-refractivity contribution in [2.45, 2.75) is 25.3 Å². The summed E-state index contributed by atoms with van der Waals surface area (Å²) in [6, 6.07) is 7.54. The first-order valence-electron chi connectivity index (χ1n) is 6.33. The van der Waals surface area contributed by atoms with Gasteiger partial charge in [-0.3, -0.25) is 9.18 Å². The van der Waals surface area contributed by atoms with Crippen molar-refractivity contribution in [3.63, 3.8) is 0 Å². The van der Waals surface area contributed by atoms with Crippen molar-refractivity contribution in [3.05, 3.63) is 34.3 Å². The number of alkyl halides is 1. The van der Waals surface area contributed by atoms with E-state index in [1.165, 1.54) is 0 Å². The Morgan fingerprint density at radius 1 is 1.32 bits per heavy atom. The zero-order chi connectivity index (χ0) is 14.3. The monoisotopic (exact) mass is 330 g/mol. The van der Waals surface area contributed by atoms with Gasteiger partial charge in [0.15, 0.2) is 0 Å². The van der Waals surface area contributed by atoms with Gasteiger partial charge in [-0.2, -0.15) is 0 Å². The molecule has 2 rings (SSSR count). The second kappa shape index (κ2) is 8.27. The molecular weight excluding hydrogens is 311 g/mol. The first kappa shape index (κ1) is 16.1. The molecule has 0 radical (unpaired) electrons. The van der Waals surface area contributed by atoms with E-state index in [4.69, 9.17) is 5.73 Å². The third-order valence-electron chi connectivity index (χ3n) is 3.10. The standard InChI is InChI=1S/C13H17BrN2O.CH3F/c14-11-5-3-10(4-6-11)9-12(15)13(17)16-7-1-2-8-16;1-2/h3-6,12H,1-2,7-9,15H2;1H3/t12-;/m0./s1. The van der Waals surface area contributed by atoms with Crippen LogP contribution in [0.15, 0.2) is 28.7 Å². The highest BCUT2D eigenvalue weighted by atomic mass is 79.9. The molecule has 5 heteroatoms. The van der Waals surface area contributed by atoms with Crippen LogP contribution in [0, 0.1) is 0 Å². The van der Waals surface area contributed by atoms with Gasteiger partial charge >= 0.3 is 0 Å². The van der Waals surface area contributed by atoms with Crippen LogP contribution in [0.2, 0.25) is 0 Å². The van der Waals surface area contributed by atoms with E-state index in [1.807, 2.05) is 29.2 Å². The number of nitrogens with two attached hydrogens (primary N) is 1. The van der Waals surface area contributed by atoms with Crippen molar-refractivity contribution in [2.24, 2.45) is 5.73 Å². The van der Waals surface area contributed by atoms with E-state index in [9.17, 15) is 9.18 Å². The number of halogens is 2. The van der Waals surface area contributed by atoms with Crippen molar-refractivity contribution in [2.75, 3.05) is 20.3 Å². The summed E-state index contributed by atoms with van der Waals surface area (Å²) in [4.78, 5) is 13.9. The molecule has 1 fully saturated rings. The summed E-state index contributed by atoms with van der Waals surface area (Å²) < 4.78 is 10.5. The van der Waals surface area contributed by atoms with E-state index in [1.54, 1.807) is 0 Å². The van der Waals surface area contributed by atoms with Crippen LogP contribution in [-0.4, -0.2) is 37.1 Å². The molecule has 0 bridgehead atoms. The molecule has 1 saturated heterocycles. The number of nitrogens with zero attached hydrogens (tertiary/aromatic N) is 1. The summed E-state index contributed by atoms with van der Waals surface area (Å²) in [6.07, 6.45) is 2.83. The normalized spacial score (nSPS) is 15.7. The molecular formula is C14H20BrFN2O. The highest BCUT2D eigenvalue weighted by molar-refractivity contribution is 9.10. The Bertz CT molecular complexity index is 391. The van der Waals surface area contributed by atoms with Crippen molar-refractivity contribution in [1.29, 1.82) is 0 Å². The molecule has 106 valence electrons. The maximum Gasteiger partial charge on any atom is 0.239 e. The Balaban J connectivity index is 0.000000861. The minimum absolute atomic E-state index is 0.0884. The molecule has 1 aromatic carbocycles. The molecule has 0 aliphatic carbocycles. The van der Waals surface area contributed by atoms with E-state index >= 15 is 0 Å². The van der Waals surface area contributed by atoms with Crippen LogP contribution < -0.4 is 5.73 Å². The van der Waals surface area contributed by atoms with Crippen LogP contribution in [0.4, 0.5) is 4.39 Å². The summed E-state index contributed by atoms with van der Waals surface area (Å²) in [5.74, 6) is 0.0884. The molecule has 1 aliphatic rings. The summed E-state index contributed by atoms with van der Waals surface area (Å²) in [5.41, 5.74) is 7.07. The predicted molar refractivity (Wildman–Crippen MR) is 78.7 cm³/mol. The fourth-order valence-electron chi connectivity index (χ4n) is 2.13. The largest absolute Gasteiger partial charge is 0.341 e. The van der Waals surface area contributed by atoms with Crippen LogP contribution >= 0.6 is 15.9 Å². The molecule has 2 N–H and O–H groups in total. The van der Waals surface area contributed by atoms with Crippen molar-refractivity contribution < 1.29 is 9.18 Å². The maximum absolute atomic E-state index is 12.0. The van der Waals surface area contributed by atoms with E-state index in [0.717, 1.165) is 36.0 Å². The fourth-order valence-corrected chi connectivity index (χ4v) is 2.40. The zero-order valence-corrected chi connectivity index (χ0v) is 12.7. The molecule has 1 heterocycles. The van der Waals surface area contributed by atoms with Crippen LogP contribution in [0.25, 0.3) is 0 Å². The molecule has 19 heavy (non-hydrogen) atoms. The number of likely N-dealkylation sites (tertiary alicyclic amines) is 1. The van der Waals surface area contributed by atoms with Crippen LogP contribution in [0.3, 0.4) is 0 Å². The first-order chi connectivity index (χ1) is 9.16. The third kappa shape index (κ3) is 4.91. The van der Waals surface area contributed by atoms with Gasteiger partial charge in [-0.15, -0.1) is 0 Å². The van der Waals surface area contributed by atoms with Crippen LogP contribution in [0.1, 0.15) is 18.4 Å². The lowest BCUT2D eigenvalue weighted by Crippen LogP contribution is -2.43. The second-order valence-electron chi connectivity index (χ2n) is 4.47. The molecule has 3 nitrogen and oxygen atoms in total. The average molecular weight is 331 g/mol. The smallest absolute Gasteiger partial charge is 0.239 e. The lowest BCUT2D eigenvalue weighted by atomic mass is 10.1. The average Bonchev–Trinajstić information content (AvgIpc) is 2.97. The van der Waals surface area contributed by atoms with Gasteiger partial charge < -0.3 is 10.6 Å². The lowest BCUT2D eigenvalue weighted by Gasteiger charge is -2.20. The summed E-state index contributed by atoms with van der Waals surface area (Å²) >= 11 is 3.39. The van der Waals surface area contributed by atoms with E-state index in [-0.39, 0.29) is 5.91 Å². The molecule has 1 amide bonds. The minimum Gasteiger partial charge on any atom is -0.341 e. The van der Waals surface area contributed by atoms with Gasteiger partial charge in [-0.05, 0) is 37.0 Å². The Morgan fingerprint density at radius 2 is 1.84 bits per heavy atom. The number of hydrogen-bond acceptors (Lipinski definition) is 2. The minimum atomic E-state index is -0.408. The molecule has 1 aromatic rings.